The number of nitrogens with zero attached hydrogens (tertiary/aromatic N) is 17. The summed E-state index contributed by atoms with van der Waals surface area (Å²) in [6.07, 6.45) is 17.7. The van der Waals surface area contributed by atoms with Gasteiger partial charge in [0.25, 0.3) is 0 Å². The zero-order valence-corrected chi connectivity index (χ0v) is 59.7. The Morgan fingerprint density at radius 1 is 0.500 bits per heavy atom. The topological polar surface area (TPSA) is 295 Å². The molecule has 7 heterocycles. The zero-order valence-electron chi connectivity index (χ0n) is 58.9. The molecule has 0 spiro atoms. The summed E-state index contributed by atoms with van der Waals surface area (Å²) in [5.74, 6) is 0.324. The van der Waals surface area contributed by atoms with Gasteiger partial charge in [0.2, 0.25) is 5.91 Å². The van der Waals surface area contributed by atoms with Gasteiger partial charge in [0.15, 0.2) is 23.1 Å². The number of nitrogens with one attached hydrogen (secondary N) is 1. The molecule has 536 valence electrons. The molecule has 104 heavy (non-hydrogen) atoms. The molecule has 0 bridgehead atoms. The number of hydrogen-bond donors (Lipinski definition) is 2. The van der Waals surface area contributed by atoms with E-state index >= 15 is 8.78 Å². The number of benzene rings is 6. The quantitative estimate of drug-likeness (QED) is 0.0601. The molecule has 0 fully saturated rings. The van der Waals surface area contributed by atoms with Gasteiger partial charge < -0.3 is 48.6 Å². The highest BCUT2D eigenvalue weighted by atomic mass is 32.2. The Kier molecular flexibility index (Phi) is 22.4. The number of methoxy groups -OCH3 is 6. The number of rotatable bonds is 23. The maximum atomic E-state index is 15.3. The van der Waals surface area contributed by atoms with Crippen LogP contribution in [0, 0.1) is 18.6 Å². The molecule has 7 aromatic heterocycles. The van der Waals surface area contributed by atoms with E-state index < -0.39 is 21.8 Å². The van der Waals surface area contributed by atoms with Gasteiger partial charge in [-0.1, -0.05) is 0 Å². The van der Waals surface area contributed by atoms with Crippen LogP contribution in [0.1, 0.15) is 12.0 Å². The standard InChI is InChI=1S/C28H27N7O3.C23H23F2N5O3.C22H24N6O4S/c1-18-7-8-29-27(9-18)33-28(36)17-35(21-10-22(37-3)13-23(11-21)38-4)20-5-6-24-25(12-20)32-26(15-30-24)19-14-31-34(2)16-19;1-29-13-14(11-27-29)18-12-26-16-6-5-15(9-17(16)28-18)30(7-4-8-31)23-21(24)19(32-2)10-20(33-3)22(23)25;1-26(2)33(29,30)28(17-8-18(31-4)11-19(9-17)32-5)16-6-7-20-21(10-16)25-22(13-23-20)15-12-24-27(3)14-15/h5-16H,17H2,1-4H3,(H,29,33,36);5-6,9-13,31H,4,7-8H2,1-3H3;6-14H,1-5H3. The average molecular weight is 1430 g/mol. The first-order valence-corrected chi connectivity index (χ1v) is 33.5. The lowest BCUT2D eigenvalue weighted by atomic mass is 10.1. The molecular weight excluding hydrogens is 1360 g/mol. The normalized spacial score (nSPS) is 11.2. The van der Waals surface area contributed by atoms with Gasteiger partial charge in [0.05, 0.1) is 141 Å². The van der Waals surface area contributed by atoms with Crippen LogP contribution in [0.5, 0.6) is 34.5 Å². The molecule has 31 heteroatoms. The largest absolute Gasteiger partial charge is 0.497 e. The summed E-state index contributed by atoms with van der Waals surface area (Å²) in [5, 5.41) is 24.8. The van der Waals surface area contributed by atoms with Crippen molar-refractivity contribution in [3.05, 3.63) is 188 Å². The number of aliphatic hydroxyl groups excluding tert-OH is 1. The number of amides is 1. The fourth-order valence-electron chi connectivity index (χ4n) is 10.9. The van der Waals surface area contributed by atoms with E-state index in [1.807, 2.05) is 87.0 Å². The van der Waals surface area contributed by atoms with Crippen molar-refractivity contribution in [2.24, 2.45) is 21.1 Å². The number of aliphatic hydroxyl groups is 1. The van der Waals surface area contributed by atoms with E-state index in [4.69, 9.17) is 33.4 Å². The first kappa shape index (κ1) is 72.8. The van der Waals surface area contributed by atoms with Gasteiger partial charge in [0, 0.05) is 149 Å². The minimum Gasteiger partial charge on any atom is -0.497 e. The smallest absolute Gasteiger partial charge is 0.307 e. The van der Waals surface area contributed by atoms with E-state index in [1.165, 1.54) is 51.7 Å². The van der Waals surface area contributed by atoms with Crippen LogP contribution < -0.4 is 47.8 Å². The van der Waals surface area contributed by atoms with E-state index in [0.717, 1.165) is 43.8 Å². The van der Waals surface area contributed by atoms with Crippen molar-refractivity contribution in [2.45, 2.75) is 13.3 Å². The molecule has 13 rings (SSSR count). The van der Waals surface area contributed by atoms with Crippen LogP contribution in [-0.2, 0) is 36.1 Å². The summed E-state index contributed by atoms with van der Waals surface area (Å²) in [6, 6.07) is 31.2. The minimum absolute atomic E-state index is 0.00712. The number of aromatic nitrogens is 13. The Labute approximate surface area is 597 Å². The average Bonchev–Trinajstić information content (AvgIpc) is 1.08. The van der Waals surface area contributed by atoms with E-state index in [0.29, 0.717) is 96.2 Å². The molecule has 0 aliphatic heterocycles. The highest BCUT2D eigenvalue weighted by molar-refractivity contribution is 7.90. The molecule has 0 atom stereocenters. The number of carbonyl (C=O) groups is 1. The van der Waals surface area contributed by atoms with Crippen LogP contribution in [-0.4, -0.2) is 164 Å². The van der Waals surface area contributed by atoms with Gasteiger partial charge in [-0.15, -0.1) is 0 Å². The van der Waals surface area contributed by atoms with Gasteiger partial charge in [-0.25, -0.2) is 33.0 Å². The molecule has 1 amide bonds. The van der Waals surface area contributed by atoms with Crippen LogP contribution in [0.15, 0.2) is 171 Å². The van der Waals surface area contributed by atoms with Crippen LogP contribution in [0.2, 0.25) is 0 Å². The van der Waals surface area contributed by atoms with Crippen molar-refractivity contribution in [3.8, 4) is 68.3 Å². The molecule has 0 aliphatic carbocycles. The lowest BCUT2D eigenvalue weighted by Gasteiger charge is -2.28. The second kappa shape index (κ2) is 32.0. The summed E-state index contributed by atoms with van der Waals surface area (Å²) in [6.45, 7) is 1.94. The first-order valence-electron chi connectivity index (χ1n) is 32.1. The Bertz CT molecular complexity index is 5300. The van der Waals surface area contributed by atoms with Gasteiger partial charge in [-0.05, 0) is 85.6 Å². The lowest BCUT2D eigenvalue weighted by Crippen LogP contribution is -2.37. The monoisotopic (exact) mass is 1430 g/mol. The predicted octanol–water partition coefficient (Wildman–Crippen LogP) is 11.4. The highest BCUT2D eigenvalue weighted by Crippen LogP contribution is 2.42. The Morgan fingerprint density at radius 3 is 1.32 bits per heavy atom. The van der Waals surface area contributed by atoms with Crippen molar-refractivity contribution < 1.29 is 55.5 Å². The van der Waals surface area contributed by atoms with Crippen molar-refractivity contribution in [1.82, 2.24) is 68.5 Å². The lowest BCUT2D eigenvalue weighted by molar-refractivity contribution is -0.114. The summed E-state index contributed by atoms with van der Waals surface area (Å²) in [5.41, 5.74) is 11.6. The van der Waals surface area contributed by atoms with Crippen molar-refractivity contribution in [1.29, 1.82) is 0 Å². The van der Waals surface area contributed by atoms with Crippen LogP contribution in [0.4, 0.5) is 48.7 Å². The number of fused-ring (bicyclic) bond motifs is 3. The van der Waals surface area contributed by atoms with E-state index in [2.05, 4.69) is 50.5 Å². The number of anilines is 7. The maximum absolute atomic E-state index is 15.3. The van der Waals surface area contributed by atoms with Crippen LogP contribution in [0.25, 0.3) is 66.9 Å². The zero-order chi connectivity index (χ0) is 73.9. The highest BCUT2D eigenvalue weighted by Gasteiger charge is 2.30. The fraction of sp³-hybridized carbons (Fsp3) is 0.219. The number of pyridine rings is 1. The van der Waals surface area contributed by atoms with Gasteiger partial charge >= 0.3 is 10.2 Å². The summed E-state index contributed by atoms with van der Waals surface area (Å²) < 4.78 is 96.5. The summed E-state index contributed by atoms with van der Waals surface area (Å²) in [7, 11) is 13.3. The molecule has 0 saturated carbocycles. The molecule has 0 unspecified atom stereocenters. The third kappa shape index (κ3) is 16.4. The van der Waals surface area contributed by atoms with Gasteiger partial charge in [0.1, 0.15) is 41.0 Å². The second-order valence-corrected chi connectivity index (χ2v) is 25.5. The molecule has 2 N–H and O–H groups in total. The van der Waals surface area contributed by atoms with E-state index in [-0.39, 0.29) is 49.2 Å². The van der Waals surface area contributed by atoms with Gasteiger partial charge in [-0.2, -0.15) is 28.0 Å². The molecule has 28 nitrogen and oxygen atoms in total. The SMILES string of the molecule is COc1cc(OC)c(F)c(N(CCCO)c2ccc3ncc(-c4cnn(C)c4)nc3c2)c1F.COc1cc(OC)cc(N(CC(=O)Nc2cc(C)ccn2)c2ccc3ncc(-c4cnn(C)c4)nc3c2)c1.COc1cc(OC)cc(N(c2ccc3ncc(-c4cnn(C)c4)nc3c2)S(=O)(=O)N(C)C)c1. The molecule has 6 aromatic carbocycles. The van der Waals surface area contributed by atoms with E-state index in [9.17, 15) is 18.3 Å². The third-order valence-electron chi connectivity index (χ3n) is 16.2. The number of ether oxygens (including phenoxy) is 6. The molecule has 13 aromatic rings. The Morgan fingerprint density at radius 2 is 0.923 bits per heavy atom. The third-order valence-corrected chi connectivity index (χ3v) is 18.0. The minimum atomic E-state index is -3.93. The number of aryl methyl sites for hydroxylation is 4. The van der Waals surface area contributed by atoms with Crippen molar-refractivity contribution in [3.63, 3.8) is 0 Å². The number of halogens is 2. The van der Waals surface area contributed by atoms with Crippen molar-refractivity contribution >= 4 is 89.2 Å². The van der Waals surface area contributed by atoms with Crippen LogP contribution >= 0.6 is 0 Å². The fourth-order valence-corrected chi connectivity index (χ4v) is 12.0. The first-order chi connectivity index (χ1) is 50.1. The van der Waals surface area contributed by atoms with Crippen LogP contribution in [0.3, 0.4) is 0 Å². The summed E-state index contributed by atoms with van der Waals surface area (Å²) in [4.78, 5) is 48.4. The predicted molar refractivity (Wildman–Crippen MR) is 392 cm³/mol. The molecule has 0 saturated heterocycles. The van der Waals surface area contributed by atoms with Crippen molar-refractivity contribution in [2.75, 3.05) is 95.9 Å². The van der Waals surface area contributed by atoms with Gasteiger partial charge in [-0.3, -0.25) is 33.8 Å². The number of hydrogen-bond acceptors (Lipinski definition) is 22. The Hall–Kier alpha value is -12.5. The molecule has 0 radical (unpaired) electrons. The molecular formula is C73H74F2N18O10S. The Balaban J connectivity index is 0.000000157. The van der Waals surface area contributed by atoms with E-state index in [1.54, 1.807) is 139 Å². The number of carbonyl (C=O) groups excluding carboxylic acids is 1. The second-order valence-electron chi connectivity index (χ2n) is 23.5. The maximum Gasteiger partial charge on any atom is 0.307 e. The summed E-state index contributed by atoms with van der Waals surface area (Å²) >= 11 is 0. The molecule has 0 aliphatic rings.